The van der Waals surface area contributed by atoms with Gasteiger partial charge in [0.15, 0.2) is 0 Å². The van der Waals surface area contributed by atoms with Crippen LogP contribution in [0.15, 0.2) is 30.3 Å². The van der Waals surface area contributed by atoms with Gasteiger partial charge >= 0.3 is 5.97 Å². The van der Waals surface area contributed by atoms with Gasteiger partial charge in [0.25, 0.3) is 0 Å². The van der Waals surface area contributed by atoms with Gasteiger partial charge in [-0.25, -0.2) is 4.79 Å². The van der Waals surface area contributed by atoms with Crippen LogP contribution in [0.3, 0.4) is 0 Å². The molecule has 0 aliphatic carbocycles. The largest absolute Gasteiger partial charge is 0.478 e. The molecule has 0 atom stereocenters. The van der Waals surface area contributed by atoms with Crippen LogP contribution in [0.5, 0.6) is 0 Å². The van der Waals surface area contributed by atoms with Crippen LogP contribution >= 0.6 is 0 Å². The van der Waals surface area contributed by atoms with Crippen molar-refractivity contribution in [3.05, 3.63) is 47.0 Å². The molecule has 2 aromatic carbocycles. The second kappa shape index (κ2) is 3.90. The minimum absolute atomic E-state index is 0.235. The first-order chi connectivity index (χ1) is 8.02. The monoisotopic (exact) mass is 229 g/mol. The van der Waals surface area contributed by atoms with Crippen molar-refractivity contribution in [3.8, 4) is 0 Å². The summed E-state index contributed by atoms with van der Waals surface area (Å²) < 4.78 is 0. The molecular weight excluding hydrogens is 218 g/mol. The number of carboxylic acid groups (broad SMARTS) is 1. The van der Waals surface area contributed by atoms with Gasteiger partial charge in [-0.2, -0.15) is 0 Å². The highest BCUT2D eigenvalue weighted by atomic mass is 16.4. The van der Waals surface area contributed by atoms with E-state index in [-0.39, 0.29) is 5.56 Å². The standard InChI is InChI=1S/C13H11NO3/c1-7-8-3-2-4-11(12(14)15)10(8)6-5-9(7)13(16)17/h2-6H,1H3,(H2,14,15)(H,16,17). The summed E-state index contributed by atoms with van der Waals surface area (Å²) in [6.45, 7) is 1.72. The zero-order valence-electron chi connectivity index (χ0n) is 9.23. The number of rotatable bonds is 2. The Morgan fingerprint density at radius 2 is 1.76 bits per heavy atom. The predicted molar refractivity (Wildman–Crippen MR) is 64.2 cm³/mol. The van der Waals surface area contributed by atoms with Crippen LogP contribution in [0.1, 0.15) is 26.3 Å². The summed E-state index contributed by atoms with van der Waals surface area (Å²) >= 11 is 0. The van der Waals surface area contributed by atoms with Gasteiger partial charge in [-0.3, -0.25) is 4.79 Å². The molecule has 0 aromatic heterocycles. The molecule has 17 heavy (non-hydrogen) atoms. The normalized spacial score (nSPS) is 10.4. The zero-order valence-corrected chi connectivity index (χ0v) is 9.23. The molecule has 0 aliphatic heterocycles. The van der Waals surface area contributed by atoms with Gasteiger partial charge < -0.3 is 10.8 Å². The maximum Gasteiger partial charge on any atom is 0.335 e. The lowest BCUT2D eigenvalue weighted by molar-refractivity contribution is 0.0696. The number of hydrogen-bond acceptors (Lipinski definition) is 2. The van der Waals surface area contributed by atoms with E-state index < -0.39 is 11.9 Å². The Hall–Kier alpha value is -2.36. The third-order valence-corrected chi connectivity index (χ3v) is 2.83. The van der Waals surface area contributed by atoms with Gasteiger partial charge in [0.2, 0.25) is 5.91 Å². The fraction of sp³-hybridized carbons (Fsp3) is 0.0769. The Kier molecular flexibility index (Phi) is 2.55. The summed E-state index contributed by atoms with van der Waals surface area (Å²) in [5.74, 6) is -1.49. The average molecular weight is 229 g/mol. The highest BCUT2D eigenvalue weighted by Gasteiger charge is 2.12. The van der Waals surface area contributed by atoms with Crippen molar-refractivity contribution in [2.75, 3.05) is 0 Å². The van der Waals surface area contributed by atoms with E-state index in [4.69, 9.17) is 10.8 Å². The quantitative estimate of drug-likeness (QED) is 0.825. The predicted octanol–water partition coefficient (Wildman–Crippen LogP) is 1.95. The van der Waals surface area contributed by atoms with Gasteiger partial charge in [0.05, 0.1) is 5.56 Å². The zero-order chi connectivity index (χ0) is 12.6. The van der Waals surface area contributed by atoms with Crippen molar-refractivity contribution < 1.29 is 14.7 Å². The van der Waals surface area contributed by atoms with Crippen LogP contribution in [0.2, 0.25) is 0 Å². The topological polar surface area (TPSA) is 80.4 Å². The van der Waals surface area contributed by atoms with Crippen LogP contribution in [0.4, 0.5) is 0 Å². The van der Waals surface area contributed by atoms with Crippen LogP contribution < -0.4 is 5.73 Å². The lowest BCUT2D eigenvalue weighted by atomic mass is 9.96. The van der Waals surface area contributed by atoms with Crippen molar-refractivity contribution in [3.63, 3.8) is 0 Å². The maximum absolute atomic E-state index is 11.3. The summed E-state index contributed by atoms with van der Waals surface area (Å²) in [5, 5.41) is 10.4. The number of carboxylic acids is 1. The number of fused-ring (bicyclic) bond motifs is 1. The van der Waals surface area contributed by atoms with Gasteiger partial charge in [0, 0.05) is 5.56 Å². The first kappa shape index (κ1) is 11.1. The van der Waals surface area contributed by atoms with E-state index in [0.717, 1.165) is 5.39 Å². The van der Waals surface area contributed by atoms with Crippen molar-refractivity contribution >= 4 is 22.6 Å². The number of nitrogens with two attached hydrogens (primary N) is 1. The van der Waals surface area contributed by atoms with Gasteiger partial charge in [0.1, 0.15) is 0 Å². The third kappa shape index (κ3) is 1.73. The number of primary amides is 1. The fourth-order valence-corrected chi connectivity index (χ4v) is 1.96. The molecule has 4 nitrogen and oxygen atoms in total. The summed E-state index contributed by atoms with van der Waals surface area (Å²) in [4.78, 5) is 22.2. The molecule has 0 saturated heterocycles. The first-order valence-electron chi connectivity index (χ1n) is 5.08. The Balaban J connectivity index is 2.85. The molecule has 86 valence electrons. The maximum atomic E-state index is 11.3. The Morgan fingerprint density at radius 3 is 2.35 bits per heavy atom. The van der Waals surface area contributed by atoms with E-state index in [1.54, 1.807) is 31.2 Å². The summed E-state index contributed by atoms with van der Waals surface area (Å²) in [6, 6.07) is 8.22. The molecule has 0 fully saturated rings. The van der Waals surface area contributed by atoms with Crippen molar-refractivity contribution in [1.29, 1.82) is 0 Å². The van der Waals surface area contributed by atoms with Crippen LogP contribution in [0, 0.1) is 6.92 Å². The number of aromatic carboxylic acids is 1. The second-order valence-electron chi connectivity index (χ2n) is 3.81. The first-order valence-corrected chi connectivity index (χ1v) is 5.08. The van der Waals surface area contributed by atoms with E-state index in [2.05, 4.69) is 0 Å². The van der Waals surface area contributed by atoms with Crippen LogP contribution in [0.25, 0.3) is 10.8 Å². The smallest absolute Gasteiger partial charge is 0.335 e. The van der Waals surface area contributed by atoms with Gasteiger partial charge in [-0.15, -0.1) is 0 Å². The molecular formula is C13H11NO3. The summed E-state index contributed by atoms with van der Waals surface area (Å²) in [7, 11) is 0. The fourth-order valence-electron chi connectivity index (χ4n) is 1.96. The molecule has 0 radical (unpaired) electrons. The number of carbonyl (C=O) groups is 2. The summed E-state index contributed by atoms with van der Waals surface area (Å²) in [5.41, 5.74) is 6.55. The molecule has 3 N–H and O–H groups in total. The van der Waals surface area contributed by atoms with E-state index in [1.165, 1.54) is 6.07 Å². The van der Waals surface area contributed by atoms with E-state index in [9.17, 15) is 9.59 Å². The SMILES string of the molecule is Cc1c(C(=O)O)ccc2c(C(N)=O)cccc12. The van der Waals surface area contributed by atoms with Crippen molar-refractivity contribution in [2.24, 2.45) is 5.73 Å². The molecule has 0 unspecified atom stereocenters. The molecule has 0 heterocycles. The molecule has 0 saturated carbocycles. The molecule has 4 heteroatoms. The molecule has 2 rings (SSSR count). The summed E-state index contributed by atoms with van der Waals surface area (Å²) in [6.07, 6.45) is 0. The van der Waals surface area contributed by atoms with Crippen LogP contribution in [-0.4, -0.2) is 17.0 Å². The Morgan fingerprint density at radius 1 is 1.06 bits per heavy atom. The number of benzene rings is 2. The Bertz CT molecular complexity index is 632. The highest BCUT2D eigenvalue weighted by Crippen LogP contribution is 2.24. The van der Waals surface area contributed by atoms with Crippen molar-refractivity contribution in [1.82, 2.24) is 0 Å². The molecule has 1 amide bonds. The van der Waals surface area contributed by atoms with E-state index in [1.807, 2.05) is 0 Å². The molecule has 2 aromatic rings. The van der Waals surface area contributed by atoms with E-state index in [0.29, 0.717) is 16.5 Å². The second-order valence-corrected chi connectivity index (χ2v) is 3.81. The van der Waals surface area contributed by atoms with Gasteiger partial charge in [-0.1, -0.05) is 18.2 Å². The molecule has 0 aliphatic rings. The van der Waals surface area contributed by atoms with E-state index >= 15 is 0 Å². The van der Waals surface area contributed by atoms with Gasteiger partial charge in [-0.05, 0) is 35.4 Å². The highest BCUT2D eigenvalue weighted by molar-refractivity contribution is 6.08. The average Bonchev–Trinajstić information content (AvgIpc) is 2.28. The van der Waals surface area contributed by atoms with Crippen LogP contribution in [-0.2, 0) is 0 Å². The lowest BCUT2D eigenvalue weighted by Crippen LogP contribution is -2.11. The lowest BCUT2D eigenvalue weighted by Gasteiger charge is -2.08. The third-order valence-electron chi connectivity index (χ3n) is 2.83. The number of aryl methyl sites for hydroxylation is 1. The minimum atomic E-state index is -0.978. The molecule has 0 spiro atoms. The van der Waals surface area contributed by atoms with Crippen molar-refractivity contribution in [2.45, 2.75) is 6.92 Å². The number of amides is 1. The Labute approximate surface area is 97.7 Å². The number of hydrogen-bond donors (Lipinski definition) is 2. The minimum Gasteiger partial charge on any atom is -0.478 e. The number of carbonyl (C=O) groups excluding carboxylic acids is 1. The molecule has 0 bridgehead atoms.